The van der Waals surface area contributed by atoms with Gasteiger partial charge in [-0.25, -0.2) is 9.78 Å². The van der Waals surface area contributed by atoms with Gasteiger partial charge in [0.25, 0.3) is 0 Å². The zero-order valence-electron chi connectivity index (χ0n) is 15.5. The molecule has 0 unspecified atom stereocenters. The molecule has 1 aliphatic heterocycles. The van der Waals surface area contributed by atoms with Crippen LogP contribution in [0.3, 0.4) is 0 Å². The van der Waals surface area contributed by atoms with E-state index in [0.717, 1.165) is 5.39 Å². The lowest BCUT2D eigenvalue weighted by atomic mass is 10.1. The van der Waals surface area contributed by atoms with Gasteiger partial charge in [0.15, 0.2) is 11.3 Å². The van der Waals surface area contributed by atoms with Crippen LogP contribution in [0.4, 0.5) is 5.69 Å². The Morgan fingerprint density at radius 1 is 1.30 bits per heavy atom. The number of H-pyrrole nitrogens is 1. The third kappa shape index (κ3) is 3.78. The van der Waals surface area contributed by atoms with Gasteiger partial charge < -0.3 is 24.9 Å². The third-order valence-corrected chi connectivity index (χ3v) is 4.64. The largest absolute Gasteiger partial charge is 0.459 e. The van der Waals surface area contributed by atoms with Crippen LogP contribution >= 0.6 is 11.6 Å². The minimum absolute atomic E-state index is 0.0646. The number of aliphatic hydroxyl groups is 1. The van der Waals surface area contributed by atoms with Crippen molar-refractivity contribution in [2.75, 3.05) is 18.5 Å². The van der Waals surface area contributed by atoms with Crippen molar-refractivity contribution in [3.63, 3.8) is 0 Å². The summed E-state index contributed by atoms with van der Waals surface area (Å²) in [5, 5.41) is 13.0. The Morgan fingerprint density at radius 3 is 2.93 bits per heavy atom. The van der Waals surface area contributed by atoms with Crippen LogP contribution in [0.2, 0.25) is 5.02 Å². The van der Waals surface area contributed by atoms with Gasteiger partial charge in [-0.2, -0.15) is 0 Å². The minimum atomic E-state index is -0.910. The number of Topliss-reactive ketones (excluding diaryl/α,β-unsaturated/α-hetero) is 1. The van der Waals surface area contributed by atoms with Crippen LogP contribution in [-0.4, -0.2) is 40.0 Å². The number of aromatic amines is 1. The summed E-state index contributed by atoms with van der Waals surface area (Å²) in [6, 6.07) is 10.4. The molecule has 0 saturated carbocycles. The Kier molecular flexibility index (Phi) is 5.51. The predicted octanol–water partition coefficient (Wildman–Crippen LogP) is 3.02. The van der Waals surface area contributed by atoms with E-state index in [1.54, 1.807) is 42.7 Å². The van der Waals surface area contributed by atoms with Crippen molar-refractivity contribution < 1.29 is 24.2 Å². The molecule has 3 aromatic rings. The van der Waals surface area contributed by atoms with Crippen molar-refractivity contribution in [2.45, 2.75) is 0 Å². The Morgan fingerprint density at radius 2 is 2.13 bits per heavy atom. The molecule has 0 fully saturated rings. The number of rotatable bonds is 6. The number of aromatic nitrogens is 2. The van der Waals surface area contributed by atoms with E-state index in [1.165, 1.54) is 6.08 Å². The van der Waals surface area contributed by atoms with Gasteiger partial charge in [-0.05, 0) is 30.3 Å². The summed E-state index contributed by atoms with van der Waals surface area (Å²) in [5.41, 5.74) is 1.46. The molecule has 8 nitrogen and oxygen atoms in total. The second-order valence-corrected chi connectivity index (χ2v) is 6.66. The highest BCUT2D eigenvalue weighted by molar-refractivity contribution is 6.33. The number of anilines is 1. The van der Waals surface area contributed by atoms with Crippen LogP contribution in [0.25, 0.3) is 17.1 Å². The van der Waals surface area contributed by atoms with E-state index >= 15 is 0 Å². The number of pyridine rings is 1. The van der Waals surface area contributed by atoms with Crippen molar-refractivity contribution in [1.82, 2.24) is 9.97 Å². The summed E-state index contributed by atoms with van der Waals surface area (Å²) in [7, 11) is 0. The number of nitrogens with one attached hydrogen (secondary N) is 2. The first-order chi connectivity index (χ1) is 14.6. The number of esters is 1. The van der Waals surface area contributed by atoms with E-state index in [0.29, 0.717) is 21.9 Å². The summed E-state index contributed by atoms with van der Waals surface area (Å²) in [6.45, 7) is -0.617. The van der Waals surface area contributed by atoms with E-state index in [2.05, 4.69) is 15.3 Å². The molecule has 1 aliphatic rings. The fourth-order valence-electron chi connectivity index (χ4n) is 2.94. The molecule has 3 N–H and O–H groups in total. The maximum atomic E-state index is 12.9. The van der Waals surface area contributed by atoms with Crippen LogP contribution in [-0.2, 0) is 19.1 Å². The number of hydrogen-bond acceptors (Lipinski definition) is 7. The van der Waals surface area contributed by atoms with E-state index in [1.807, 2.05) is 6.07 Å². The monoisotopic (exact) mass is 425 g/mol. The van der Waals surface area contributed by atoms with Crippen LogP contribution in [0.5, 0.6) is 0 Å². The highest BCUT2D eigenvalue weighted by Crippen LogP contribution is 2.32. The number of aliphatic hydroxyl groups excluding tert-OH is 1. The summed E-state index contributed by atoms with van der Waals surface area (Å²) in [4.78, 5) is 32.6. The van der Waals surface area contributed by atoms with Crippen molar-refractivity contribution in [3.05, 3.63) is 76.6 Å². The average molecular weight is 426 g/mol. The molecular formula is C21H16ClN3O5. The van der Waals surface area contributed by atoms with E-state index < -0.39 is 11.8 Å². The van der Waals surface area contributed by atoms with Gasteiger partial charge in [0.1, 0.15) is 12.3 Å². The molecule has 4 rings (SSSR count). The van der Waals surface area contributed by atoms with Crippen LogP contribution < -0.4 is 5.32 Å². The molecule has 0 atom stereocenters. The second kappa shape index (κ2) is 8.40. The van der Waals surface area contributed by atoms with Crippen molar-refractivity contribution in [2.24, 2.45) is 0 Å². The zero-order chi connectivity index (χ0) is 21.1. The number of hydrogen-bond donors (Lipinski definition) is 3. The summed E-state index contributed by atoms with van der Waals surface area (Å²) in [6.07, 6.45) is 4.85. The van der Waals surface area contributed by atoms with Crippen molar-refractivity contribution >= 4 is 46.2 Å². The Balaban J connectivity index is 1.70. The predicted molar refractivity (Wildman–Crippen MR) is 110 cm³/mol. The van der Waals surface area contributed by atoms with Crippen LogP contribution in [0.1, 0.15) is 5.56 Å². The van der Waals surface area contributed by atoms with Gasteiger partial charge >= 0.3 is 5.97 Å². The third-order valence-electron chi connectivity index (χ3n) is 4.31. The highest BCUT2D eigenvalue weighted by Gasteiger charge is 2.37. The van der Waals surface area contributed by atoms with Crippen LogP contribution in [0, 0.1) is 0 Å². The Hall–Kier alpha value is -3.62. The maximum absolute atomic E-state index is 12.9. The zero-order valence-corrected chi connectivity index (χ0v) is 16.3. The number of allylic oxidation sites excluding steroid dienone is 1. The van der Waals surface area contributed by atoms with E-state index in [-0.39, 0.29) is 30.4 Å². The van der Waals surface area contributed by atoms with Gasteiger partial charge in [-0.15, -0.1) is 0 Å². The summed E-state index contributed by atoms with van der Waals surface area (Å²) < 4.78 is 10.6. The topological polar surface area (TPSA) is 114 Å². The van der Waals surface area contributed by atoms with Gasteiger partial charge in [0.2, 0.25) is 11.7 Å². The SMILES string of the molecule is O=C(OCCO)C1=C(Nc2ccccc2Cl)OC(=Cc2c[nH]c3ncccc23)C1=O. The number of para-hydroxylation sites is 1. The number of carbonyl (C=O) groups is 2. The molecule has 3 heterocycles. The first kappa shape index (κ1) is 19.7. The lowest BCUT2D eigenvalue weighted by Gasteiger charge is -2.10. The number of ether oxygens (including phenoxy) is 2. The molecule has 152 valence electrons. The van der Waals surface area contributed by atoms with E-state index in [4.69, 9.17) is 26.2 Å². The number of benzene rings is 1. The van der Waals surface area contributed by atoms with Gasteiger partial charge in [0.05, 0.1) is 17.3 Å². The highest BCUT2D eigenvalue weighted by atomic mass is 35.5. The molecule has 1 aromatic carbocycles. The molecule has 9 heteroatoms. The number of carbonyl (C=O) groups excluding carboxylic acids is 2. The van der Waals surface area contributed by atoms with Crippen LogP contribution in [0.15, 0.2) is 66.0 Å². The second-order valence-electron chi connectivity index (χ2n) is 6.25. The standard InChI is InChI=1S/C21H16ClN3O5/c22-14-5-1-2-6-15(14)25-20-17(21(28)29-9-8-26)18(27)16(30-20)10-12-11-24-19-13(12)4-3-7-23-19/h1-7,10-11,25-26H,8-9H2,(H,23,24). The molecule has 0 aliphatic carbocycles. The maximum Gasteiger partial charge on any atom is 0.347 e. The van der Waals surface area contributed by atoms with Gasteiger partial charge in [-0.3, -0.25) is 4.79 Å². The fraction of sp³-hybridized carbons (Fsp3) is 0.0952. The number of nitrogens with zero attached hydrogens (tertiary/aromatic N) is 1. The lowest BCUT2D eigenvalue weighted by molar-refractivity contribution is -0.141. The molecule has 0 amide bonds. The minimum Gasteiger partial charge on any atom is -0.459 e. The van der Waals surface area contributed by atoms with E-state index in [9.17, 15) is 9.59 Å². The van der Waals surface area contributed by atoms with Gasteiger partial charge in [0, 0.05) is 23.3 Å². The molecule has 30 heavy (non-hydrogen) atoms. The Bertz CT molecular complexity index is 1200. The molecule has 0 spiro atoms. The summed E-state index contributed by atoms with van der Waals surface area (Å²) in [5.74, 6) is -1.72. The molecule has 0 radical (unpaired) electrons. The Labute approximate surface area is 175 Å². The quantitative estimate of drug-likeness (QED) is 0.316. The first-order valence-electron chi connectivity index (χ1n) is 8.98. The fourth-order valence-corrected chi connectivity index (χ4v) is 3.12. The molecular weight excluding hydrogens is 410 g/mol. The molecule has 2 aromatic heterocycles. The van der Waals surface area contributed by atoms with Crippen molar-refractivity contribution in [3.8, 4) is 0 Å². The normalized spacial score (nSPS) is 15.0. The van der Waals surface area contributed by atoms with Gasteiger partial charge in [-0.1, -0.05) is 23.7 Å². The lowest BCUT2D eigenvalue weighted by Crippen LogP contribution is -2.17. The number of halogens is 1. The first-order valence-corrected chi connectivity index (χ1v) is 9.36. The number of ketones is 1. The van der Waals surface area contributed by atoms with Crippen molar-refractivity contribution in [1.29, 1.82) is 0 Å². The summed E-state index contributed by atoms with van der Waals surface area (Å²) >= 11 is 6.17. The average Bonchev–Trinajstić information content (AvgIpc) is 3.29. The number of fused-ring (bicyclic) bond motifs is 1. The molecule has 0 bridgehead atoms. The smallest absolute Gasteiger partial charge is 0.347 e. The molecule has 0 saturated heterocycles.